The molecule has 17 heavy (non-hydrogen) atoms. The molecule has 0 aliphatic rings. The van der Waals surface area contributed by atoms with E-state index in [-0.39, 0.29) is 0 Å². The first-order chi connectivity index (χ1) is 8.31. The Balaban J connectivity index is 2.10. The summed E-state index contributed by atoms with van der Waals surface area (Å²) in [7, 11) is 1.64. The molecule has 0 atom stereocenters. The highest BCUT2D eigenvalue weighted by atomic mass is 16.5. The normalized spacial score (nSPS) is 10.0. The van der Waals surface area contributed by atoms with Gasteiger partial charge in [0.2, 0.25) is 0 Å². The zero-order valence-corrected chi connectivity index (χ0v) is 9.97. The van der Waals surface area contributed by atoms with Gasteiger partial charge in [0.15, 0.2) is 11.6 Å². The Morgan fingerprint density at radius 3 is 2.94 bits per heavy atom. The zero-order chi connectivity index (χ0) is 12.1. The molecule has 0 bridgehead atoms. The van der Waals surface area contributed by atoms with E-state index in [0.29, 0.717) is 6.54 Å². The maximum atomic E-state index is 5.23. The van der Waals surface area contributed by atoms with Crippen LogP contribution in [0.4, 0.5) is 5.82 Å². The van der Waals surface area contributed by atoms with E-state index < -0.39 is 0 Å². The fourth-order valence-electron chi connectivity index (χ4n) is 1.57. The van der Waals surface area contributed by atoms with Crippen LogP contribution in [-0.4, -0.2) is 17.1 Å². The molecule has 0 aliphatic heterocycles. The number of hydrogen-bond donors (Lipinski definition) is 1. The number of methoxy groups -OCH3 is 1. The summed E-state index contributed by atoms with van der Waals surface area (Å²) >= 11 is 0. The molecule has 0 spiro atoms. The summed E-state index contributed by atoms with van der Waals surface area (Å²) in [6.45, 7) is 2.75. The monoisotopic (exact) mass is 229 g/mol. The Morgan fingerprint density at radius 1 is 1.29 bits per heavy atom. The molecule has 2 aromatic rings. The highest BCUT2D eigenvalue weighted by Crippen LogP contribution is 2.20. The molecule has 2 aromatic heterocycles. The molecule has 2 heterocycles. The third-order valence-corrected chi connectivity index (χ3v) is 2.57. The predicted molar refractivity (Wildman–Crippen MR) is 67.1 cm³/mol. The molecule has 0 unspecified atom stereocenters. The average Bonchev–Trinajstić information content (AvgIpc) is 2.38. The Labute approximate surface area is 101 Å². The molecule has 2 rings (SSSR count). The topological polar surface area (TPSA) is 47.0 Å². The van der Waals surface area contributed by atoms with E-state index in [1.165, 1.54) is 5.56 Å². The van der Waals surface area contributed by atoms with Crippen LogP contribution in [0.25, 0.3) is 0 Å². The molecular formula is C13H15N3O. The van der Waals surface area contributed by atoms with Gasteiger partial charge in [-0.2, -0.15) is 0 Å². The number of pyridine rings is 2. The second-order valence-electron chi connectivity index (χ2n) is 3.71. The molecule has 0 aromatic carbocycles. The van der Waals surface area contributed by atoms with Crippen molar-refractivity contribution in [1.82, 2.24) is 9.97 Å². The van der Waals surface area contributed by atoms with Crippen LogP contribution in [-0.2, 0) is 6.54 Å². The number of aromatic nitrogens is 2. The minimum atomic E-state index is 0.710. The van der Waals surface area contributed by atoms with E-state index >= 15 is 0 Å². The van der Waals surface area contributed by atoms with Crippen LogP contribution in [0.5, 0.6) is 5.75 Å². The Kier molecular flexibility index (Phi) is 3.55. The quantitative estimate of drug-likeness (QED) is 0.874. The lowest BCUT2D eigenvalue weighted by Crippen LogP contribution is -2.04. The smallest absolute Gasteiger partial charge is 0.168 e. The summed E-state index contributed by atoms with van der Waals surface area (Å²) in [5.74, 6) is 1.51. The minimum absolute atomic E-state index is 0.710. The van der Waals surface area contributed by atoms with Gasteiger partial charge in [0.1, 0.15) is 0 Å². The summed E-state index contributed by atoms with van der Waals surface area (Å²) in [4.78, 5) is 8.31. The largest absolute Gasteiger partial charge is 0.493 e. The maximum Gasteiger partial charge on any atom is 0.168 e. The van der Waals surface area contributed by atoms with Crippen molar-refractivity contribution < 1.29 is 4.74 Å². The number of hydrogen-bond acceptors (Lipinski definition) is 4. The Bertz CT molecular complexity index is 500. The van der Waals surface area contributed by atoms with E-state index in [9.17, 15) is 0 Å². The van der Waals surface area contributed by atoms with Crippen LogP contribution in [0.2, 0.25) is 0 Å². The summed E-state index contributed by atoms with van der Waals surface area (Å²) in [5.41, 5.74) is 2.36. The average molecular weight is 229 g/mol. The lowest BCUT2D eigenvalue weighted by molar-refractivity contribution is 0.415. The van der Waals surface area contributed by atoms with Crippen LogP contribution < -0.4 is 10.1 Å². The van der Waals surface area contributed by atoms with Crippen molar-refractivity contribution in [3.63, 3.8) is 0 Å². The lowest BCUT2D eigenvalue weighted by atomic mass is 10.1. The van der Waals surface area contributed by atoms with Crippen molar-refractivity contribution in [3.8, 4) is 5.75 Å². The Hall–Kier alpha value is -2.10. The standard InChI is InChI=1S/C13H15N3O/c1-10-8-14-7-5-11(10)9-16-13-12(17-2)4-3-6-15-13/h3-8H,9H2,1-2H3,(H,15,16). The molecule has 88 valence electrons. The van der Waals surface area contributed by atoms with Crippen LogP contribution in [0.1, 0.15) is 11.1 Å². The second kappa shape index (κ2) is 5.30. The maximum absolute atomic E-state index is 5.23. The van der Waals surface area contributed by atoms with Gasteiger partial charge < -0.3 is 10.1 Å². The van der Waals surface area contributed by atoms with Gasteiger partial charge in [-0.25, -0.2) is 4.98 Å². The third-order valence-electron chi connectivity index (χ3n) is 2.57. The third kappa shape index (κ3) is 2.72. The van der Waals surface area contributed by atoms with Gasteiger partial charge in [0.25, 0.3) is 0 Å². The fourth-order valence-corrected chi connectivity index (χ4v) is 1.57. The van der Waals surface area contributed by atoms with Crippen molar-refractivity contribution in [2.45, 2.75) is 13.5 Å². The van der Waals surface area contributed by atoms with Crippen LogP contribution in [0, 0.1) is 6.92 Å². The van der Waals surface area contributed by atoms with Gasteiger partial charge in [-0.15, -0.1) is 0 Å². The molecular weight excluding hydrogens is 214 g/mol. The number of nitrogens with one attached hydrogen (secondary N) is 1. The molecule has 0 aliphatic carbocycles. The van der Waals surface area contributed by atoms with E-state index in [1.54, 1.807) is 19.5 Å². The molecule has 0 saturated heterocycles. The number of aryl methyl sites for hydroxylation is 1. The molecule has 0 fully saturated rings. The molecule has 0 radical (unpaired) electrons. The van der Waals surface area contributed by atoms with Crippen molar-refractivity contribution >= 4 is 5.82 Å². The van der Waals surface area contributed by atoms with Crippen molar-refractivity contribution in [1.29, 1.82) is 0 Å². The highest BCUT2D eigenvalue weighted by molar-refractivity contribution is 5.49. The van der Waals surface area contributed by atoms with Gasteiger partial charge in [-0.1, -0.05) is 0 Å². The summed E-state index contributed by atoms with van der Waals surface area (Å²) in [6.07, 6.45) is 5.39. The molecule has 4 nitrogen and oxygen atoms in total. The van der Waals surface area contributed by atoms with E-state index in [2.05, 4.69) is 15.3 Å². The molecule has 0 amide bonds. The van der Waals surface area contributed by atoms with Crippen molar-refractivity contribution in [3.05, 3.63) is 47.9 Å². The number of ether oxygens (including phenoxy) is 1. The second-order valence-corrected chi connectivity index (χ2v) is 3.71. The zero-order valence-electron chi connectivity index (χ0n) is 9.97. The van der Waals surface area contributed by atoms with E-state index in [0.717, 1.165) is 17.1 Å². The Morgan fingerprint density at radius 2 is 2.18 bits per heavy atom. The minimum Gasteiger partial charge on any atom is -0.493 e. The first-order valence-electron chi connectivity index (χ1n) is 5.43. The van der Waals surface area contributed by atoms with Gasteiger partial charge in [-0.05, 0) is 36.2 Å². The molecule has 0 saturated carbocycles. The van der Waals surface area contributed by atoms with Crippen LogP contribution in [0.15, 0.2) is 36.8 Å². The van der Waals surface area contributed by atoms with Gasteiger partial charge in [0.05, 0.1) is 7.11 Å². The predicted octanol–water partition coefficient (Wildman–Crippen LogP) is 2.41. The van der Waals surface area contributed by atoms with Gasteiger partial charge >= 0.3 is 0 Å². The van der Waals surface area contributed by atoms with Gasteiger partial charge in [-0.3, -0.25) is 4.98 Å². The fraction of sp³-hybridized carbons (Fsp3) is 0.231. The van der Waals surface area contributed by atoms with Gasteiger partial charge in [0, 0.05) is 25.1 Å². The summed E-state index contributed by atoms with van der Waals surface area (Å²) in [6, 6.07) is 5.73. The molecule has 4 heteroatoms. The summed E-state index contributed by atoms with van der Waals surface area (Å²) in [5, 5.41) is 3.26. The number of rotatable bonds is 4. The SMILES string of the molecule is COc1cccnc1NCc1ccncc1C. The first-order valence-corrected chi connectivity index (χ1v) is 5.43. The highest BCUT2D eigenvalue weighted by Gasteiger charge is 2.03. The van der Waals surface area contributed by atoms with Crippen molar-refractivity contribution in [2.24, 2.45) is 0 Å². The number of nitrogens with zero attached hydrogens (tertiary/aromatic N) is 2. The van der Waals surface area contributed by atoms with Crippen LogP contribution >= 0.6 is 0 Å². The van der Waals surface area contributed by atoms with E-state index in [4.69, 9.17) is 4.74 Å². The lowest BCUT2D eigenvalue weighted by Gasteiger charge is -2.10. The number of anilines is 1. The van der Waals surface area contributed by atoms with Crippen molar-refractivity contribution in [2.75, 3.05) is 12.4 Å². The first kappa shape index (κ1) is 11.4. The van der Waals surface area contributed by atoms with Crippen LogP contribution in [0.3, 0.4) is 0 Å². The summed E-state index contributed by atoms with van der Waals surface area (Å²) < 4.78 is 5.23. The van der Waals surface area contributed by atoms with E-state index in [1.807, 2.05) is 31.3 Å². The molecule has 1 N–H and O–H groups in total.